The van der Waals surface area contributed by atoms with Crippen LogP contribution in [0.4, 0.5) is 0 Å². The number of nitriles is 1. The van der Waals surface area contributed by atoms with Gasteiger partial charge in [-0.15, -0.1) is 0 Å². The van der Waals surface area contributed by atoms with Crippen molar-refractivity contribution in [1.29, 1.82) is 5.26 Å². The van der Waals surface area contributed by atoms with Crippen molar-refractivity contribution < 1.29 is 9.21 Å². The molecule has 1 amide bonds. The number of carbonyl (C=O) groups excluding carboxylic acids is 1. The van der Waals surface area contributed by atoms with E-state index >= 15 is 0 Å². The Morgan fingerprint density at radius 2 is 2.29 bits per heavy atom. The molecule has 1 unspecified atom stereocenters. The van der Waals surface area contributed by atoms with Crippen molar-refractivity contribution in [1.82, 2.24) is 4.90 Å². The Hall–Kier alpha value is -1.76. The molecule has 1 atom stereocenters. The van der Waals surface area contributed by atoms with Crippen LogP contribution in [0.1, 0.15) is 26.5 Å². The summed E-state index contributed by atoms with van der Waals surface area (Å²) in [6.45, 7) is 6.66. The van der Waals surface area contributed by atoms with Gasteiger partial charge in [-0.25, -0.2) is 0 Å². The third-order valence-corrected chi connectivity index (χ3v) is 2.69. The fraction of sp³-hybridized carbons (Fsp3) is 0.538. The lowest BCUT2D eigenvalue weighted by Crippen LogP contribution is -2.37. The molecule has 0 bridgehead atoms. The standard InChI is InChI=1S/C13H18N2O2/c1-4-15(9-11-6-5-7-17-11)13(16)12(8-14)10(2)3/h5-7,10,12H,4,9H2,1-3H3. The molecule has 1 aromatic rings. The van der Waals surface area contributed by atoms with Crippen LogP contribution in [0.2, 0.25) is 0 Å². The minimum Gasteiger partial charge on any atom is -0.467 e. The van der Waals surface area contributed by atoms with E-state index in [0.717, 1.165) is 5.76 Å². The number of carbonyl (C=O) groups is 1. The topological polar surface area (TPSA) is 57.2 Å². The molecule has 0 saturated carbocycles. The molecule has 0 aliphatic carbocycles. The van der Waals surface area contributed by atoms with Crippen LogP contribution in [0.25, 0.3) is 0 Å². The first-order valence-electron chi connectivity index (χ1n) is 5.81. The van der Waals surface area contributed by atoms with Gasteiger partial charge in [-0.05, 0) is 25.0 Å². The van der Waals surface area contributed by atoms with E-state index in [1.165, 1.54) is 0 Å². The highest BCUT2D eigenvalue weighted by Crippen LogP contribution is 2.15. The summed E-state index contributed by atoms with van der Waals surface area (Å²) in [5.74, 6) is 0.0603. The highest BCUT2D eigenvalue weighted by molar-refractivity contribution is 5.81. The molecule has 0 fully saturated rings. The van der Waals surface area contributed by atoms with Crippen LogP contribution in [0.5, 0.6) is 0 Å². The summed E-state index contributed by atoms with van der Waals surface area (Å²) >= 11 is 0. The first-order chi connectivity index (χ1) is 8.10. The molecule has 0 aromatic carbocycles. The fourth-order valence-electron chi connectivity index (χ4n) is 1.62. The smallest absolute Gasteiger partial charge is 0.240 e. The zero-order valence-electron chi connectivity index (χ0n) is 10.5. The van der Waals surface area contributed by atoms with Gasteiger partial charge in [0.25, 0.3) is 0 Å². The Morgan fingerprint density at radius 3 is 2.71 bits per heavy atom. The van der Waals surface area contributed by atoms with Crippen LogP contribution >= 0.6 is 0 Å². The van der Waals surface area contributed by atoms with E-state index in [1.807, 2.05) is 26.8 Å². The summed E-state index contributed by atoms with van der Waals surface area (Å²) in [6, 6.07) is 5.69. The Kier molecular flexibility index (Phi) is 4.77. The maximum absolute atomic E-state index is 12.1. The molecule has 92 valence electrons. The van der Waals surface area contributed by atoms with Crippen LogP contribution in [-0.2, 0) is 11.3 Å². The van der Waals surface area contributed by atoms with Crippen LogP contribution in [0.3, 0.4) is 0 Å². The van der Waals surface area contributed by atoms with Gasteiger partial charge < -0.3 is 9.32 Å². The second-order valence-corrected chi connectivity index (χ2v) is 4.28. The average Bonchev–Trinajstić information content (AvgIpc) is 2.78. The summed E-state index contributed by atoms with van der Waals surface area (Å²) < 4.78 is 5.21. The third-order valence-electron chi connectivity index (χ3n) is 2.69. The summed E-state index contributed by atoms with van der Waals surface area (Å²) in [4.78, 5) is 13.8. The number of hydrogen-bond acceptors (Lipinski definition) is 3. The molecule has 4 nitrogen and oxygen atoms in total. The van der Waals surface area contributed by atoms with E-state index in [4.69, 9.17) is 9.68 Å². The number of hydrogen-bond donors (Lipinski definition) is 0. The number of amides is 1. The van der Waals surface area contributed by atoms with Gasteiger partial charge in [0.05, 0.1) is 18.9 Å². The second-order valence-electron chi connectivity index (χ2n) is 4.28. The van der Waals surface area contributed by atoms with Gasteiger partial charge in [0.1, 0.15) is 11.7 Å². The van der Waals surface area contributed by atoms with Gasteiger partial charge in [0.15, 0.2) is 0 Å². The van der Waals surface area contributed by atoms with Crippen molar-refractivity contribution in [3.8, 4) is 6.07 Å². The minimum absolute atomic E-state index is 0.0261. The molecule has 0 saturated heterocycles. The largest absolute Gasteiger partial charge is 0.467 e. The zero-order chi connectivity index (χ0) is 12.8. The predicted octanol–water partition coefficient (Wildman–Crippen LogP) is 2.42. The van der Waals surface area contributed by atoms with Crippen LogP contribution < -0.4 is 0 Å². The monoisotopic (exact) mass is 234 g/mol. The third kappa shape index (κ3) is 3.35. The summed E-state index contributed by atoms with van der Waals surface area (Å²) in [5.41, 5.74) is 0. The van der Waals surface area contributed by atoms with Gasteiger partial charge in [0.2, 0.25) is 5.91 Å². The zero-order valence-corrected chi connectivity index (χ0v) is 10.5. The molecule has 1 heterocycles. The van der Waals surface area contributed by atoms with Crippen molar-refractivity contribution in [3.63, 3.8) is 0 Å². The predicted molar refractivity (Wildman–Crippen MR) is 63.7 cm³/mol. The quantitative estimate of drug-likeness (QED) is 0.786. The number of furan rings is 1. The van der Waals surface area contributed by atoms with Gasteiger partial charge in [0, 0.05) is 6.54 Å². The van der Waals surface area contributed by atoms with Crippen LogP contribution in [0, 0.1) is 23.2 Å². The molecule has 4 heteroatoms. The van der Waals surface area contributed by atoms with Crippen molar-refractivity contribution in [3.05, 3.63) is 24.2 Å². The molecular formula is C13H18N2O2. The molecular weight excluding hydrogens is 216 g/mol. The Bertz CT molecular complexity index is 390. The number of nitrogens with zero attached hydrogens (tertiary/aromatic N) is 2. The Labute approximate surface area is 102 Å². The van der Waals surface area contributed by atoms with Crippen LogP contribution in [-0.4, -0.2) is 17.4 Å². The lowest BCUT2D eigenvalue weighted by molar-refractivity contribution is -0.135. The van der Waals surface area contributed by atoms with Crippen molar-refractivity contribution in [2.75, 3.05) is 6.54 Å². The SMILES string of the molecule is CCN(Cc1ccco1)C(=O)C(C#N)C(C)C. The van der Waals surface area contributed by atoms with E-state index in [1.54, 1.807) is 17.2 Å². The Morgan fingerprint density at radius 1 is 1.59 bits per heavy atom. The van der Waals surface area contributed by atoms with E-state index in [2.05, 4.69) is 6.07 Å². The van der Waals surface area contributed by atoms with Gasteiger partial charge in [-0.1, -0.05) is 13.8 Å². The highest BCUT2D eigenvalue weighted by atomic mass is 16.3. The first-order valence-corrected chi connectivity index (χ1v) is 5.81. The second kappa shape index (κ2) is 6.09. The van der Waals surface area contributed by atoms with Gasteiger partial charge >= 0.3 is 0 Å². The van der Waals surface area contributed by atoms with Crippen molar-refractivity contribution >= 4 is 5.91 Å². The van der Waals surface area contributed by atoms with Crippen molar-refractivity contribution in [2.24, 2.45) is 11.8 Å². The van der Waals surface area contributed by atoms with E-state index in [0.29, 0.717) is 13.1 Å². The molecule has 0 spiro atoms. The Balaban J connectivity index is 2.74. The van der Waals surface area contributed by atoms with Crippen molar-refractivity contribution in [2.45, 2.75) is 27.3 Å². The first kappa shape index (κ1) is 13.3. The summed E-state index contributed by atoms with van der Waals surface area (Å²) in [6.07, 6.45) is 1.58. The van der Waals surface area contributed by atoms with E-state index in [-0.39, 0.29) is 11.8 Å². The maximum Gasteiger partial charge on any atom is 0.240 e. The minimum atomic E-state index is -0.579. The summed E-state index contributed by atoms with van der Waals surface area (Å²) in [7, 11) is 0. The molecule has 0 radical (unpaired) electrons. The van der Waals surface area contributed by atoms with Gasteiger partial charge in [-0.3, -0.25) is 4.79 Å². The lowest BCUT2D eigenvalue weighted by Gasteiger charge is -2.23. The highest BCUT2D eigenvalue weighted by Gasteiger charge is 2.26. The van der Waals surface area contributed by atoms with Crippen LogP contribution in [0.15, 0.2) is 22.8 Å². The summed E-state index contributed by atoms with van der Waals surface area (Å²) in [5, 5.41) is 9.02. The molecule has 17 heavy (non-hydrogen) atoms. The fourth-order valence-corrected chi connectivity index (χ4v) is 1.62. The van der Waals surface area contributed by atoms with E-state index in [9.17, 15) is 4.79 Å². The molecule has 1 aromatic heterocycles. The van der Waals surface area contributed by atoms with E-state index < -0.39 is 5.92 Å². The molecule has 0 aliphatic rings. The molecule has 0 N–H and O–H groups in total. The average molecular weight is 234 g/mol. The molecule has 0 aliphatic heterocycles. The maximum atomic E-state index is 12.1. The molecule has 1 rings (SSSR count). The van der Waals surface area contributed by atoms with Gasteiger partial charge in [-0.2, -0.15) is 5.26 Å². The lowest BCUT2D eigenvalue weighted by atomic mass is 9.96. The normalized spacial score (nSPS) is 12.2. The number of rotatable bonds is 5.